The molecule has 0 spiro atoms. The van der Waals surface area contributed by atoms with E-state index in [1.54, 1.807) is 6.20 Å². The van der Waals surface area contributed by atoms with Gasteiger partial charge in [0, 0.05) is 36.8 Å². The van der Waals surface area contributed by atoms with Gasteiger partial charge in [-0.05, 0) is 47.3 Å². The zero-order valence-corrected chi connectivity index (χ0v) is 16.1. The predicted octanol–water partition coefficient (Wildman–Crippen LogP) is 2.32. The summed E-state index contributed by atoms with van der Waals surface area (Å²) in [6.07, 6.45) is 5.00. The Morgan fingerprint density at radius 2 is 2.20 bits per heavy atom. The van der Waals surface area contributed by atoms with Gasteiger partial charge in [-0.1, -0.05) is 13.3 Å². The van der Waals surface area contributed by atoms with Crippen molar-refractivity contribution in [3.05, 3.63) is 32.9 Å². The van der Waals surface area contributed by atoms with E-state index in [2.05, 4.69) is 38.1 Å². The molecule has 1 unspecified atom stereocenters. The molecule has 0 aliphatic carbocycles. The summed E-state index contributed by atoms with van der Waals surface area (Å²) in [7, 11) is 0. The lowest BCUT2D eigenvalue weighted by Crippen LogP contribution is -2.44. The number of pyridine rings is 1. The summed E-state index contributed by atoms with van der Waals surface area (Å²) in [6, 6.07) is 2.04. The maximum Gasteiger partial charge on any atom is 0.263 e. The second kappa shape index (κ2) is 7.13. The highest BCUT2D eigenvalue weighted by Crippen LogP contribution is 2.36. The zero-order valence-electron chi connectivity index (χ0n) is 14.5. The van der Waals surface area contributed by atoms with Crippen LogP contribution < -0.4 is 10.9 Å². The number of nitrogens with zero attached hydrogens (tertiary/aromatic N) is 4. The Kier molecular flexibility index (Phi) is 4.88. The van der Waals surface area contributed by atoms with Crippen LogP contribution in [0.2, 0.25) is 0 Å². The normalized spacial score (nSPS) is 24.9. The molecule has 2 aliphatic rings. The van der Waals surface area contributed by atoms with Gasteiger partial charge in [-0.3, -0.25) is 14.3 Å². The average Bonchev–Trinajstić information content (AvgIpc) is 2.91. The Bertz CT molecular complexity index is 828. The summed E-state index contributed by atoms with van der Waals surface area (Å²) in [6.45, 7) is 7.12. The first-order valence-electron chi connectivity index (χ1n) is 9.19. The van der Waals surface area contributed by atoms with Crippen molar-refractivity contribution >= 4 is 27.0 Å². The fourth-order valence-electron chi connectivity index (χ4n) is 4.24. The van der Waals surface area contributed by atoms with Gasteiger partial charge in [-0.2, -0.15) is 0 Å². The maximum absolute atomic E-state index is 13.0. The number of rotatable bonds is 2. The van der Waals surface area contributed by atoms with Crippen molar-refractivity contribution in [2.45, 2.75) is 38.8 Å². The number of aromatic nitrogens is 3. The maximum atomic E-state index is 13.0. The van der Waals surface area contributed by atoms with Gasteiger partial charge >= 0.3 is 0 Å². The predicted molar refractivity (Wildman–Crippen MR) is 102 cm³/mol. The molecule has 2 aromatic heterocycles. The van der Waals surface area contributed by atoms with E-state index in [4.69, 9.17) is 4.98 Å². The molecule has 4 rings (SSSR count). The van der Waals surface area contributed by atoms with Crippen LogP contribution >= 0.6 is 15.9 Å². The van der Waals surface area contributed by atoms with Crippen LogP contribution in [-0.4, -0.2) is 45.6 Å². The minimum Gasteiger partial charge on any atom is -0.315 e. The lowest BCUT2D eigenvalue weighted by Gasteiger charge is -2.40. The van der Waals surface area contributed by atoms with Crippen molar-refractivity contribution in [2.24, 2.45) is 5.92 Å². The van der Waals surface area contributed by atoms with E-state index in [-0.39, 0.29) is 11.6 Å². The molecule has 2 aliphatic heterocycles. The highest BCUT2D eigenvalue weighted by atomic mass is 79.9. The first-order chi connectivity index (χ1) is 12.2. The van der Waals surface area contributed by atoms with Crippen LogP contribution in [-0.2, 0) is 6.54 Å². The molecule has 1 N–H and O–H groups in total. The minimum atomic E-state index is 0.0429. The van der Waals surface area contributed by atoms with Crippen LogP contribution in [0.25, 0.3) is 11.0 Å². The highest BCUT2D eigenvalue weighted by Gasteiger charge is 2.35. The van der Waals surface area contributed by atoms with E-state index in [9.17, 15) is 4.79 Å². The van der Waals surface area contributed by atoms with Crippen molar-refractivity contribution in [2.75, 3.05) is 26.2 Å². The zero-order chi connectivity index (χ0) is 17.4. The van der Waals surface area contributed by atoms with Crippen LogP contribution in [0.3, 0.4) is 0 Å². The van der Waals surface area contributed by atoms with Crippen LogP contribution in [0.4, 0.5) is 0 Å². The molecular weight excluding hydrogens is 382 g/mol. The summed E-state index contributed by atoms with van der Waals surface area (Å²) in [5.41, 5.74) is 0.607. The Morgan fingerprint density at radius 3 is 3.04 bits per heavy atom. The first kappa shape index (κ1) is 17.1. The van der Waals surface area contributed by atoms with Crippen molar-refractivity contribution < 1.29 is 0 Å². The summed E-state index contributed by atoms with van der Waals surface area (Å²) in [4.78, 5) is 24.8. The van der Waals surface area contributed by atoms with Gasteiger partial charge < -0.3 is 5.32 Å². The van der Waals surface area contributed by atoms with Crippen LogP contribution in [0, 0.1) is 5.92 Å². The molecule has 0 radical (unpaired) electrons. The Hall–Kier alpha value is -1.31. The van der Waals surface area contributed by atoms with Crippen molar-refractivity contribution in [3.8, 4) is 0 Å². The van der Waals surface area contributed by atoms with Crippen LogP contribution in [0.1, 0.15) is 38.1 Å². The molecule has 0 aromatic carbocycles. The van der Waals surface area contributed by atoms with Crippen LogP contribution in [0.5, 0.6) is 0 Å². The number of nitrogens with one attached hydrogen (secondary N) is 1. The van der Waals surface area contributed by atoms with Gasteiger partial charge in [0.25, 0.3) is 5.56 Å². The van der Waals surface area contributed by atoms with Gasteiger partial charge in [0.2, 0.25) is 0 Å². The van der Waals surface area contributed by atoms with Crippen molar-refractivity contribution in [3.63, 3.8) is 0 Å². The van der Waals surface area contributed by atoms with Crippen molar-refractivity contribution in [1.82, 2.24) is 24.8 Å². The van der Waals surface area contributed by atoms with E-state index in [0.717, 1.165) is 62.3 Å². The molecule has 1 fully saturated rings. The highest BCUT2D eigenvalue weighted by molar-refractivity contribution is 9.10. The van der Waals surface area contributed by atoms with Gasteiger partial charge in [-0.25, -0.2) is 9.97 Å². The smallest absolute Gasteiger partial charge is 0.263 e. The van der Waals surface area contributed by atoms with E-state index in [1.807, 2.05) is 10.6 Å². The van der Waals surface area contributed by atoms with Gasteiger partial charge in [-0.15, -0.1) is 0 Å². The lowest BCUT2D eigenvalue weighted by atomic mass is 9.88. The molecule has 0 bridgehead atoms. The second-order valence-electron chi connectivity index (χ2n) is 6.99. The molecule has 2 aromatic rings. The van der Waals surface area contributed by atoms with Gasteiger partial charge in [0.1, 0.15) is 5.82 Å². The third kappa shape index (κ3) is 3.13. The quantitative estimate of drug-likeness (QED) is 0.830. The molecule has 1 saturated heterocycles. The van der Waals surface area contributed by atoms with E-state index < -0.39 is 0 Å². The number of halogens is 1. The minimum absolute atomic E-state index is 0.0429. The SMILES string of the molecule is CCC1CCn2c(nc3ncc(Br)cc3c2=O)[C@@H]1N1CCCNCC1. The lowest BCUT2D eigenvalue weighted by molar-refractivity contribution is 0.108. The second-order valence-corrected chi connectivity index (χ2v) is 7.91. The average molecular weight is 406 g/mol. The molecule has 25 heavy (non-hydrogen) atoms. The molecule has 2 atom stereocenters. The number of hydrogen-bond donors (Lipinski definition) is 1. The molecule has 6 nitrogen and oxygen atoms in total. The molecule has 7 heteroatoms. The van der Waals surface area contributed by atoms with Crippen LogP contribution in [0.15, 0.2) is 21.5 Å². The number of fused-ring (bicyclic) bond motifs is 2. The molecule has 0 saturated carbocycles. The summed E-state index contributed by atoms with van der Waals surface area (Å²) in [5.74, 6) is 1.45. The largest absolute Gasteiger partial charge is 0.315 e. The monoisotopic (exact) mass is 405 g/mol. The third-order valence-electron chi connectivity index (χ3n) is 5.53. The van der Waals surface area contributed by atoms with E-state index in [1.165, 1.54) is 0 Å². The van der Waals surface area contributed by atoms with E-state index >= 15 is 0 Å². The summed E-state index contributed by atoms with van der Waals surface area (Å²) in [5, 5.41) is 4.07. The Balaban J connectivity index is 1.86. The molecule has 134 valence electrons. The first-order valence-corrected chi connectivity index (χ1v) is 9.99. The Morgan fingerprint density at radius 1 is 1.32 bits per heavy atom. The fraction of sp³-hybridized carbons (Fsp3) is 0.611. The molecule has 0 amide bonds. The Labute approximate surface area is 155 Å². The summed E-state index contributed by atoms with van der Waals surface area (Å²) < 4.78 is 2.71. The third-order valence-corrected chi connectivity index (χ3v) is 5.97. The topological polar surface area (TPSA) is 63.1 Å². The van der Waals surface area contributed by atoms with Crippen molar-refractivity contribution in [1.29, 1.82) is 0 Å². The standard InChI is InChI=1S/C18H24BrN5O/c1-2-12-4-8-24-17(15(12)23-7-3-5-20-6-9-23)22-16-14(18(24)25)10-13(19)11-21-16/h10-12,15,20H,2-9H2,1H3/t12?,15-/m1/s1. The van der Waals surface area contributed by atoms with E-state index in [0.29, 0.717) is 17.0 Å². The fourth-order valence-corrected chi connectivity index (χ4v) is 4.57. The van der Waals surface area contributed by atoms with Gasteiger partial charge in [0.05, 0.1) is 11.4 Å². The van der Waals surface area contributed by atoms with Gasteiger partial charge in [0.15, 0.2) is 5.65 Å². The number of hydrogen-bond acceptors (Lipinski definition) is 5. The molecule has 4 heterocycles. The molecular formula is C18H24BrN5O. The summed E-state index contributed by atoms with van der Waals surface area (Å²) >= 11 is 3.41.